The van der Waals surface area contributed by atoms with Crippen molar-refractivity contribution in [3.05, 3.63) is 42.0 Å². The predicted octanol–water partition coefficient (Wildman–Crippen LogP) is 5.10. The summed E-state index contributed by atoms with van der Waals surface area (Å²) in [5.74, 6) is 0.464. The Hall–Kier alpha value is -1.24. The van der Waals surface area contributed by atoms with Gasteiger partial charge in [0.25, 0.3) is 0 Å². The molecule has 0 bridgehead atoms. The van der Waals surface area contributed by atoms with Gasteiger partial charge >= 0.3 is 0 Å². The van der Waals surface area contributed by atoms with Crippen LogP contribution in [0.1, 0.15) is 58.2 Å². The molecule has 1 heteroatoms. The first-order valence-electron chi connectivity index (χ1n) is 6.38. The molecule has 1 rings (SSSR count). The summed E-state index contributed by atoms with van der Waals surface area (Å²) in [5.41, 5.74) is 3.26. The molecule has 0 aliphatic heterocycles. The lowest BCUT2D eigenvalue weighted by molar-refractivity contribution is 0.423. The molecular weight excluding hydrogens is 220 g/mol. The van der Waals surface area contributed by atoms with Gasteiger partial charge in [0.15, 0.2) is 0 Å². The van der Waals surface area contributed by atoms with Gasteiger partial charge in [0.1, 0.15) is 5.75 Å². The minimum Gasteiger partial charge on any atom is -0.507 e. The molecule has 0 atom stereocenters. The first-order chi connectivity index (χ1) is 8.03. The second kappa shape index (κ2) is 5.60. The SMILES string of the molecule is C=C.Cc1cc(C(C)(C)C)c(O)c(C(C)(C)C)c1. The van der Waals surface area contributed by atoms with Crippen molar-refractivity contribution in [2.75, 3.05) is 0 Å². The van der Waals surface area contributed by atoms with Gasteiger partial charge in [-0.05, 0) is 28.9 Å². The Balaban J connectivity index is 0.00000137. The molecule has 0 aliphatic carbocycles. The summed E-state index contributed by atoms with van der Waals surface area (Å²) >= 11 is 0. The zero-order valence-corrected chi connectivity index (χ0v) is 13.0. The van der Waals surface area contributed by atoms with Crippen LogP contribution in [0.3, 0.4) is 0 Å². The van der Waals surface area contributed by atoms with Crippen LogP contribution in [0.4, 0.5) is 0 Å². The van der Waals surface area contributed by atoms with Crippen LogP contribution in [0.2, 0.25) is 0 Å². The smallest absolute Gasteiger partial charge is 0.123 e. The van der Waals surface area contributed by atoms with Gasteiger partial charge in [0.05, 0.1) is 0 Å². The molecule has 0 heterocycles. The summed E-state index contributed by atoms with van der Waals surface area (Å²) in [5, 5.41) is 10.4. The van der Waals surface area contributed by atoms with Gasteiger partial charge in [-0.25, -0.2) is 0 Å². The first-order valence-corrected chi connectivity index (χ1v) is 6.38. The van der Waals surface area contributed by atoms with Crippen molar-refractivity contribution >= 4 is 0 Å². The lowest BCUT2D eigenvalue weighted by Crippen LogP contribution is -2.17. The van der Waals surface area contributed by atoms with Crippen LogP contribution < -0.4 is 0 Å². The Morgan fingerprint density at radius 1 is 0.833 bits per heavy atom. The van der Waals surface area contributed by atoms with Crippen molar-refractivity contribution in [3.8, 4) is 5.75 Å². The van der Waals surface area contributed by atoms with E-state index in [1.165, 1.54) is 5.56 Å². The minimum atomic E-state index is -0.0178. The molecule has 0 unspecified atom stereocenters. The summed E-state index contributed by atoms with van der Waals surface area (Å²) in [6.07, 6.45) is 0. The Morgan fingerprint density at radius 3 is 1.33 bits per heavy atom. The van der Waals surface area contributed by atoms with Gasteiger partial charge < -0.3 is 5.11 Å². The molecule has 18 heavy (non-hydrogen) atoms. The topological polar surface area (TPSA) is 20.2 Å². The van der Waals surface area contributed by atoms with Crippen molar-refractivity contribution in [2.24, 2.45) is 0 Å². The summed E-state index contributed by atoms with van der Waals surface area (Å²) in [4.78, 5) is 0. The van der Waals surface area contributed by atoms with E-state index in [0.717, 1.165) is 11.1 Å². The van der Waals surface area contributed by atoms with E-state index in [1.807, 2.05) is 0 Å². The molecule has 0 saturated heterocycles. The molecule has 1 nitrogen and oxygen atoms in total. The van der Waals surface area contributed by atoms with Crippen LogP contribution in [0.25, 0.3) is 0 Å². The quantitative estimate of drug-likeness (QED) is 0.633. The van der Waals surface area contributed by atoms with Gasteiger partial charge in [-0.1, -0.05) is 59.2 Å². The third-order valence-corrected chi connectivity index (χ3v) is 2.87. The fourth-order valence-corrected chi connectivity index (χ4v) is 1.92. The molecule has 0 radical (unpaired) electrons. The second-order valence-corrected chi connectivity index (χ2v) is 6.71. The van der Waals surface area contributed by atoms with Crippen LogP contribution in [0.15, 0.2) is 25.3 Å². The lowest BCUT2D eigenvalue weighted by Gasteiger charge is -2.27. The summed E-state index contributed by atoms with van der Waals surface area (Å²) < 4.78 is 0. The molecule has 0 fully saturated rings. The van der Waals surface area contributed by atoms with Gasteiger partial charge in [-0.2, -0.15) is 0 Å². The van der Waals surface area contributed by atoms with Crippen LogP contribution in [0, 0.1) is 6.92 Å². The van der Waals surface area contributed by atoms with E-state index >= 15 is 0 Å². The molecule has 1 aromatic rings. The van der Waals surface area contributed by atoms with E-state index in [0.29, 0.717) is 5.75 Å². The van der Waals surface area contributed by atoms with E-state index in [9.17, 15) is 5.11 Å². The number of aromatic hydroxyl groups is 1. The number of phenols is 1. The number of hydrogen-bond donors (Lipinski definition) is 1. The maximum atomic E-state index is 10.4. The molecule has 0 spiro atoms. The highest BCUT2D eigenvalue weighted by Gasteiger charge is 2.25. The minimum absolute atomic E-state index is 0.0178. The summed E-state index contributed by atoms with van der Waals surface area (Å²) in [6.45, 7) is 20.9. The molecule has 0 aliphatic rings. The van der Waals surface area contributed by atoms with Crippen molar-refractivity contribution in [2.45, 2.75) is 59.3 Å². The van der Waals surface area contributed by atoms with Crippen LogP contribution in [0.5, 0.6) is 5.75 Å². The monoisotopic (exact) mass is 248 g/mol. The normalized spacial score (nSPS) is 11.7. The van der Waals surface area contributed by atoms with Crippen molar-refractivity contribution in [1.29, 1.82) is 0 Å². The average Bonchev–Trinajstić information content (AvgIpc) is 2.21. The maximum absolute atomic E-state index is 10.4. The fourth-order valence-electron chi connectivity index (χ4n) is 1.92. The zero-order chi connectivity index (χ0) is 14.7. The number of rotatable bonds is 0. The number of hydrogen-bond acceptors (Lipinski definition) is 1. The Kier molecular flexibility index (Phi) is 5.21. The highest BCUT2D eigenvalue weighted by Crippen LogP contribution is 2.39. The van der Waals surface area contributed by atoms with Crippen molar-refractivity contribution in [3.63, 3.8) is 0 Å². The predicted molar refractivity (Wildman–Crippen MR) is 81.5 cm³/mol. The molecule has 1 N–H and O–H groups in total. The molecule has 1 aromatic carbocycles. The lowest BCUT2D eigenvalue weighted by atomic mass is 9.78. The van der Waals surface area contributed by atoms with E-state index in [4.69, 9.17) is 0 Å². The summed E-state index contributed by atoms with van der Waals surface area (Å²) in [7, 11) is 0. The fraction of sp³-hybridized carbons (Fsp3) is 0.529. The molecule has 0 saturated carbocycles. The van der Waals surface area contributed by atoms with Gasteiger partial charge in [0.2, 0.25) is 0 Å². The summed E-state index contributed by atoms with van der Waals surface area (Å²) in [6, 6.07) is 4.18. The van der Waals surface area contributed by atoms with Gasteiger partial charge in [-0.3, -0.25) is 0 Å². The molecule has 0 amide bonds. The van der Waals surface area contributed by atoms with E-state index < -0.39 is 0 Å². The largest absolute Gasteiger partial charge is 0.507 e. The van der Waals surface area contributed by atoms with Gasteiger partial charge in [-0.15, -0.1) is 13.2 Å². The third-order valence-electron chi connectivity index (χ3n) is 2.87. The Morgan fingerprint density at radius 2 is 1.11 bits per heavy atom. The maximum Gasteiger partial charge on any atom is 0.123 e. The van der Waals surface area contributed by atoms with E-state index in [-0.39, 0.29) is 10.8 Å². The van der Waals surface area contributed by atoms with E-state index in [1.54, 1.807) is 0 Å². The molecular formula is C17H28O. The van der Waals surface area contributed by atoms with E-state index in [2.05, 4.69) is 73.8 Å². The number of aryl methyl sites for hydroxylation is 1. The highest BCUT2D eigenvalue weighted by atomic mass is 16.3. The molecule has 0 aromatic heterocycles. The average molecular weight is 248 g/mol. The Labute approximate surface area is 113 Å². The van der Waals surface area contributed by atoms with Crippen LogP contribution in [-0.4, -0.2) is 5.11 Å². The molecule has 102 valence electrons. The number of phenolic OH excluding ortho intramolecular Hbond substituents is 1. The Bertz CT molecular complexity index is 368. The van der Waals surface area contributed by atoms with Gasteiger partial charge in [0, 0.05) is 0 Å². The van der Waals surface area contributed by atoms with Crippen LogP contribution in [-0.2, 0) is 10.8 Å². The standard InChI is InChI=1S/C15H24O.C2H4/c1-10-8-11(14(2,3)4)13(16)12(9-10)15(5,6)7;1-2/h8-9,16H,1-7H3;1-2H2. The second-order valence-electron chi connectivity index (χ2n) is 6.71. The van der Waals surface area contributed by atoms with Crippen molar-refractivity contribution in [1.82, 2.24) is 0 Å². The highest BCUT2D eigenvalue weighted by molar-refractivity contribution is 5.49. The van der Waals surface area contributed by atoms with Crippen LogP contribution >= 0.6 is 0 Å². The zero-order valence-electron chi connectivity index (χ0n) is 13.0. The third kappa shape index (κ3) is 3.90. The number of benzene rings is 1. The first kappa shape index (κ1) is 16.8. The van der Waals surface area contributed by atoms with Crippen molar-refractivity contribution < 1.29 is 5.11 Å².